The predicted molar refractivity (Wildman–Crippen MR) is 186 cm³/mol. The highest BCUT2D eigenvalue weighted by Crippen LogP contribution is 2.38. The van der Waals surface area contributed by atoms with Gasteiger partial charge in [0.05, 0.1) is 21.2 Å². The molecule has 0 radical (unpaired) electrons. The van der Waals surface area contributed by atoms with E-state index in [1.807, 2.05) is 56.3 Å². The molecule has 0 fully saturated rings. The third-order valence-electron chi connectivity index (χ3n) is 8.01. The van der Waals surface area contributed by atoms with E-state index in [2.05, 4.69) is 5.32 Å². The predicted octanol–water partition coefficient (Wildman–Crippen LogP) is 7.73. The van der Waals surface area contributed by atoms with Crippen LogP contribution in [0.25, 0.3) is 0 Å². The number of unbranched alkanes of at least 4 members (excludes halogenated alkanes) is 1. The summed E-state index contributed by atoms with van der Waals surface area (Å²) in [5.74, 6) is -1.22. The van der Waals surface area contributed by atoms with Crippen molar-refractivity contribution in [2.24, 2.45) is 0 Å². The molecule has 0 aliphatic carbocycles. The summed E-state index contributed by atoms with van der Waals surface area (Å²) < 4.78 is 70.9. The van der Waals surface area contributed by atoms with Gasteiger partial charge in [-0.15, -0.1) is 0 Å². The molecule has 4 aromatic carbocycles. The molecule has 1 atom stereocenters. The van der Waals surface area contributed by atoms with Crippen LogP contribution in [0.3, 0.4) is 0 Å². The number of nitrogens with one attached hydrogen (secondary N) is 1. The SMILES string of the molecule is CCCCNC(=O)[C@H](Cc1ccccc1)N(Cc1ccc(C)cc1)C(=O)CN(c1ccc(Cl)c(C(F)(F)F)c1)S(=O)(=O)c1ccc(C)cc1. The lowest BCUT2D eigenvalue weighted by Crippen LogP contribution is -2.53. The van der Waals surface area contributed by atoms with Crippen molar-refractivity contribution in [3.63, 3.8) is 0 Å². The fourth-order valence-corrected chi connectivity index (χ4v) is 6.83. The first-order valence-electron chi connectivity index (χ1n) is 15.8. The molecule has 2 amide bonds. The van der Waals surface area contributed by atoms with Crippen molar-refractivity contribution in [3.05, 3.63) is 130 Å². The number of alkyl halides is 3. The lowest BCUT2D eigenvalue weighted by atomic mass is 10.0. The lowest BCUT2D eigenvalue weighted by molar-refractivity contribution is -0.140. The van der Waals surface area contributed by atoms with Gasteiger partial charge in [-0.25, -0.2) is 8.42 Å². The summed E-state index contributed by atoms with van der Waals surface area (Å²) in [4.78, 5) is 29.4. The second-order valence-corrected chi connectivity index (χ2v) is 14.1. The van der Waals surface area contributed by atoms with E-state index in [4.69, 9.17) is 11.6 Å². The van der Waals surface area contributed by atoms with E-state index >= 15 is 0 Å². The topological polar surface area (TPSA) is 86.8 Å². The monoisotopic (exact) mass is 713 g/mol. The molecule has 0 aromatic heterocycles. The highest BCUT2D eigenvalue weighted by molar-refractivity contribution is 7.92. The Balaban J connectivity index is 1.85. The van der Waals surface area contributed by atoms with E-state index in [1.54, 1.807) is 31.2 Å². The standard InChI is InChI=1S/C37H39ClF3N3O4S/c1-4-5-21-42-36(46)34(22-28-9-7-6-8-10-28)43(24-29-15-11-26(2)12-16-29)35(45)25-44(49(47,48)31-18-13-27(3)14-19-31)30-17-20-33(38)32(23-30)37(39,40)41/h6-20,23,34H,4-5,21-22,24-25H2,1-3H3,(H,42,46)/t34-/m0/s1. The molecule has 0 heterocycles. The number of carbonyl (C=O) groups excluding carboxylic acids is 2. The maximum Gasteiger partial charge on any atom is 0.417 e. The minimum absolute atomic E-state index is 0.0648. The summed E-state index contributed by atoms with van der Waals surface area (Å²) in [6.45, 7) is 5.05. The molecule has 0 unspecified atom stereocenters. The Morgan fingerprint density at radius 3 is 2.06 bits per heavy atom. The number of rotatable bonds is 14. The van der Waals surface area contributed by atoms with Crippen molar-refractivity contribution in [1.82, 2.24) is 10.2 Å². The van der Waals surface area contributed by atoms with Crippen LogP contribution in [0.5, 0.6) is 0 Å². The van der Waals surface area contributed by atoms with Crippen LogP contribution in [0.15, 0.2) is 102 Å². The zero-order valence-electron chi connectivity index (χ0n) is 27.5. The number of carbonyl (C=O) groups is 2. The Hall–Kier alpha value is -4.35. The first-order chi connectivity index (χ1) is 23.2. The summed E-state index contributed by atoms with van der Waals surface area (Å²) in [5.41, 5.74) is 1.51. The van der Waals surface area contributed by atoms with Crippen LogP contribution in [0, 0.1) is 13.8 Å². The van der Waals surface area contributed by atoms with Crippen LogP contribution in [0.1, 0.15) is 47.6 Å². The van der Waals surface area contributed by atoms with Gasteiger partial charge in [0, 0.05) is 19.5 Å². The van der Waals surface area contributed by atoms with Gasteiger partial charge in [-0.2, -0.15) is 13.2 Å². The van der Waals surface area contributed by atoms with Gasteiger partial charge in [0.1, 0.15) is 12.6 Å². The summed E-state index contributed by atoms with van der Waals surface area (Å²) in [6, 6.07) is 23.8. The molecule has 7 nitrogen and oxygen atoms in total. The summed E-state index contributed by atoms with van der Waals surface area (Å²) in [5, 5.41) is 2.28. The number of sulfonamides is 1. The fraction of sp³-hybridized carbons (Fsp3) is 0.297. The van der Waals surface area contributed by atoms with Gasteiger partial charge >= 0.3 is 6.18 Å². The third-order valence-corrected chi connectivity index (χ3v) is 10.1. The highest BCUT2D eigenvalue weighted by Gasteiger charge is 2.37. The summed E-state index contributed by atoms with van der Waals surface area (Å²) in [7, 11) is -4.60. The smallest absolute Gasteiger partial charge is 0.354 e. The van der Waals surface area contributed by atoms with E-state index in [0.29, 0.717) is 28.9 Å². The van der Waals surface area contributed by atoms with Gasteiger partial charge < -0.3 is 10.2 Å². The number of nitrogens with zero attached hydrogens (tertiary/aromatic N) is 2. The van der Waals surface area contributed by atoms with Crippen molar-refractivity contribution in [2.45, 2.75) is 63.7 Å². The van der Waals surface area contributed by atoms with Crippen molar-refractivity contribution in [3.8, 4) is 0 Å². The Labute approximate surface area is 290 Å². The molecule has 0 saturated heterocycles. The summed E-state index contributed by atoms with van der Waals surface area (Å²) in [6.07, 6.45) is -3.26. The first-order valence-corrected chi connectivity index (χ1v) is 17.6. The third kappa shape index (κ3) is 9.86. The fourth-order valence-electron chi connectivity index (χ4n) is 5.20. The molecular formula is C37H39ClF3N3O4S. The van der Waals surface area contributed by atoms with Crippen molar-refractivity contribution < 1.29 is 31.2 Å². The number of anilines is 1. The molecule has 4 rings (SSSR count). The zero-order chi connectivity index (χ0) is 35.8. The average molecular weight is 714 g/mol. The molecule has 1 N–H and O–H groups in total. The maximum atomic E-state index is 14.5. The van der Waals surface area contributed by atoms with Crippen LogP contribution in [-0.2, 0) is 38.8 Å². The first kappa shape index (κ1) is 37.5. The van der Waals surface area contributed by atoms with Crippen molar-refractivity contribution in [1.29, 1.82) is 0 Å². The summed E-state index contributed by atoms with van der Waals surface area (Å²) >= 11 is 5.89. The number of benzene rings is 4. The van der Waals surface area contributed by atoms with E-state index in [0.717, 1.165) is 35.2 Å². The number of amides is 2. The quantitative estimate of drug-likeness (QED) is 0.136. The molecule has 0 bridgehead atoms. The second-order valence-electron chi connectivity index (χ2n) is 11.8. The van der Waals surface area contributed by atoms with Crippen LogP contribution in [0.4, 0.5) is 18.9 Å². The Kier molecular flexibility index (Phi) is 12.5. The minimum atomic E-state index is -4.90. The number of aryl methyl sites for hydroxylation is 2. The van der Waals surface area contributed by atoms with Gasteiger partial charge in [-0.1, -0.05) is 103 Å². The number of hydrogen-bond donors (Lipinski definition) is 1. The zero-order valence-corrected chi connectivity index (χ0v) is 29.1. The van der Waals surface area contributed by atoms with E-state index < -0.39 is 56.9 Å². The molecule has 260 valence electrons. The van der Waals surface area contributed by atoms with Crippen LogP contribution < -0.4 is 9.62 Å². The molecular weight excluding hydrogens is 675 g/mol. The van der Waals surface area contributed by atoms with E-state index in [9.17, 15) is 31.2 Å². The van der Waals surface area contributed by atoms with E-state index in [1.165, 1.54) is 17.0 Å². The van der Waals surface area contributed by atoms with E-state index in [-0.39, 0.29) is 17.9 Å². The largest absolute Gasteiger partial charge is 0.417 e. The molecule has 12 heteroatoms. The highest BCUT2D eigenvalue weighted by atomic mass is 35.5. The molecule has 0 aliphatic heterocycles. The normalized spacial score (nSPS) is 12.3. The maximum absolute atomic E-state index is 14.5. The molecule has 49 heavy (non-hydrogen) atoms. The second kappa shape index (κ2) is 16.4. The minimum Gasteiger partial charge on any atom is -0.354 e. The van der Waals surface area contributed by atoms with Gasteiger partial charge in [0.2, 0.25) is 11.8 Å². The van der Waals surface area contributed by atoms with Crippen molar-refractivity contribution >= 4 is 39.1 Å². The van der Waals surface area contributed by atoms with Gasteiger partial charge in [-0.3, -0.25) is 13.9 Å². The van der Waals surface area contributed by atoms with Crippen molar-refractivity contribution in [2.75, 3.05) is 17.4 Å². The lowest BCUT2D eigenvalue weighted by Gasteiger charge is -2.34. The van der Waals surface area contributed by atoms with Crippen LogP contribution in [-0.4, -0.2) is 44.3 Å². The number of halogens is 4. The average Bonchev–Trinajstić information content (AvgIpc) is 3.06. The van der Waals surface area contributed by atoms with Gasteiger partial charge in [-0.05, 0) is 61.7 Å². The van der Waals surface area contributed by atoms with Gasteiger partial charge in [0.25, 0.3) is 10.0 Å². The Morgan fingerprint density at radius 2 is 1.47 bits per heavy atom. The Bertz CT molecular complexity index is 1840. The van der Waals surface area contributed by atoms with Gasteiger partial charge in [0.15, 0.2) is 0 Å². The Morgan fingerprint density at radius 1 is 0.857 bits per heavy atom. The molecule has 0 aliphatic rings. The molecule has 0 saturated carbocycles. The number of hydrogen-bond acceptors (Lipinski definition) is 4. The van der Waals surface area contributed by atoms with Crippen LogP contribution >= 0.6 is 11.6 Å². The molecule has 0 spiro atoms. The van der Waals surface area contributed by atoms with Crippen LogP contribution in [0.2, 0.25) is 5.02 Å². The molecule has 4 aromatic rings.